The van der Waals surface area contributed by atoms with E-state index in [-0.39, 0.29) is 0 Å². The van der Waals surface area contributed by atoms with E-state index < -0.39 is 6.10 Å². The van der Waals surface area contributed by atoms with Crippen molar-refractivity contribution >= 4 is 0 Å². The van der Waals surface area contributed by atoms with Gasteiger partial charge >= 0.3 is 0 Å². The van der Waals surface area contributed by atoms with E-state index in [1.165, 1.54) is 0 Å². The first kappa shape index (κ1) is 14.9. The van der Waals surface area contributed by atoms with Gasteiger partial charge in [-0.1, -0.05) is 12.1 Å². The molecule has 2 aromatic carbocycles. The molecule has 0 fully saturated rings. The van der Waals surface area contributed by atoms with Crippen LogP contribution in [0.3, 0.4) is 0 Å². The summed E-state index contributed by atoms with van der Waals surface area (Å²) < 4.78 is 11.1. The molecule has 0 aliphatic carbocycles. The summed E-state index contributed by atoms with van der Waals surface area (Å²) >= 11 is 0. The summed E-state index contributed by atoms with van der Waals surface area (Å²) in [6.07, 6.45) is -0.511. The van der Waals surface area contributed by atoms with Crippen LogP contribution in [0.1, 0.15) is 24.2 Å². The topological polar surface area (TPSA) is 62.5 Å². The highest BCUT2D eigenvalue weighted by atomic mass is 16.5. The smallest absolute Gasteiger partial charge is 0.122 e. The van der Waals surface area contributed by atoms with Crippen LogP contribution in [-0.4, -0.2) is 18.3 Å². The molecule has 2 rings (SSSR count). The molecule has 0 aliphatic heterocycles. The van der Waals surface area contributed by atoms with Gasteiger partial charge in [0.2, 0.25) is 0 Å². The molecule has 1 N–H and O–H groups in total. The van der Waals surface area contributed by atoms with Gasteiger partial charge < -0.3 is 14.6 Å². The van der Waals surface area contributed by atoms with Crippen LogP contribution >= 0.6 is 0 Å². The van der Waals surface area contributed by atoms with Crippen LogP contribution in [0.25, 0.3) is 0 Å². The van der Waals surface area contributed by atoms with Crippen molar-refractivity contribution < 1.29 is 14.6 Å². The fourth-order valence-corrected chi connectivity index (χ4v) is 1.81. The minimum atomic E-state index is -0.511. The summed E-state index contributed by atoms with van der Waals surface area (Å²) in [6, 6.07) is 16.3. The van der Waals surface area contributed by atoms with E-state index >= 15 is 0 Å². The maximum absolute atomic E-state index is 9.51. The first-order valence-electron chi connectivity index (χ1n) is 6.73. The van der Waals surface area contributed by atoms with Crippen LogP contribution in [0.5, 0.6) is 11.5 Å². The second-order valence-corrected chi connectivity index (χ2v) is 4.58. The van der Waals surface area contributed by atoms with Gasteiger partial charge in [-0.15, -0.1) is 0 Å². The first-order valence-corrected chi connectivity index (χ1v) is 6.73. The van der Waals surface area contributed by atoms with Gasteiger partial charge in [0.05, 0.1) is 17.7 Å². The van der Waals surface area contributed by atoms with Crippen LogP contribution in [0.2, 0.25) is 0 Å². The molecule has 0 spiro atoms. The molecule has 0 saturated heterocycles. The minimum Gasteiger partial charge on any atom is -0.490 e. The van der Waals surface area contributed by atoms with E-state index in [4.69, 9.17) is 14.7 Å². The van der Waals surface area contributed by atoms with Crippen LogP contribution in [0.4, 0.5) is 0 Å². The molecule has 0 heterocycles. The zero-order valence-electron chi connectivity index (χ0n) is 11.8. The average molecular weight is 283 g/mol. The van der Waals surface area contributed by atoms with E-state index in [1.54, 1.807) is 31.2 Å². The van der Waals surface area contributed by atoms with Gasteiger partial charge in [-0.05, 0) is 48.9 Å². The van der Waals surface area contributed by atoms with Gasteiger partial charge in [0.1, 0.15) is 24.7 Å². The van der Waals surface area contributed by atoms with Crippen molar-refractivity contribution in [2.24, 2.45) is 0 Å². The molecule has 0 aromatic heterocycles. The molecule has 0 amide bonds. The largest absolute Gasteiger partial charge is 0.490 e. The lowest BCUT2D eigenvalue weighted by atomic mass is 10.1. The van der Waals surface area contributed by atoms with Gasteiger partial charge in [0, 0.05) is 0 Å². The Labute approximate surface area is 124 Å². The van der Waals surface area contributed by atoms with E-state index in [0.29, 0.717) is 30.3 Å². The molecule has 4 nitrogen and oxygen atoms in total. The Morgan fingerprint density at radius 2 is 1.71 bits per heavy atom. The molecule has 0 bridgehead atoms. The Morgan fingerprint density at radius 1 is 1.05 bits per heavy atom. The zero-order chi connectivity index (χ0) is 15.1. The monoisotopic (exact) mass is 283 g/mol. The molecule has 2 aromatic rings. The lowest BCUT2D eigenvalue weighted by Gasteiger charge is -2.10. The molecule has 21 heavy (non-hydrogen) atoms. The number of hydrogen-bond acceptors (Lipinski definition) is 4. The van der Waals surface area contributed by atoms with E-state index in [1.807, 2.05) is 24.3 Å². The average Bonchev–Trinajstić information content (AvgIpc) is 2.52. The Balaban J connectivity index is 1.79. The Kier molecular flexibility index (Phi) is 5.19. The van der Waals surface area contributed by atoms with Gasteiger partial charge in [-0.2, -0.15) is 5.26 Å². The van der Waals surface area contributed by atoms with E-state index in [0.717, 1.165) is 5.56 Å². The summed E-state index contributed by atoms with van der Waals surface area (Å²) in [5.41, 5.74) is 1.43. The van der Waals surface area contributed by atoms with Crippen molar-refractivity contribution in [1.29, 1.82) is 5.26 Å². The maximum Gasteiger partial charge on any atom is 0.122 e. The maximum atomic E-state index is 9.51. The van der Waals surface area contributed by atoms with Crippen LogP contribution in [0.15, 0.2) is 48.5 Å². The molecular formula is C17H17NO3. The molecule has 1 atom stereocenters. The Hall–Kier alpha value is -2.51. The number of aliphatic hydroxyl groups excluding tert-OH is 1. The van der Waals surface area contributed by atoms with Gasteiger partial charge in [0.25, 0.3) is 0 Å². The minimum absolute atomic E-state index is 0.406. The third kappa shape index (κ3) is 4.51. The lowest BCUT2D eigenvalue weighted by molar-refractivity contribution is 0.196. The van der Waals surface area contributed by atoms with Gasteiger partial charge in [-0.3, -0.25) is 0 Å². The quantitative estimate of drug-likeness (QED) is 0.828. The number of aliphatic hydroxyl groups is 1. The van der Waals surface area contributed by atoms with Crippen LogP contribution < -0.4 is 9.47 Å². The van der Waals surface area contributed by atoms with Crippen molar-refractivity contribution in [2.75, 3.05) is 13.2 Å². The van der Waals surface area contributed by atoms with E-state index in [2.05, 4.69) is 6.07 Å². The first-order chi connectivity index (χ1) is 10.2. The highest BCUT2D eigenvalue weighted by molar-refractivity contribution is 5.34. The fraction of sp³-hybridized carbons (Fsp3) is 0.235. The fourth-order valence-electron chi connectivity index (χ4n) is 1.81. The van der Waals surface area contributed by atoms with Crippen molar-refractivity contribution in [2.45, 2.75) is 13.0 Å². The second kappa shape index (κ2) is 7.32. The normalized spacial score (nSPS) is 11.5. The summed E-state index contributed by atoms with van der Waals surface area (Å²) in [4.78, 5) is 0. The van der Waals surface area contributed by atoms with Crippen molar-refractivity contribution in [3.63, 3.8) is 0 Å². The van der Waals surface area contributed by atoms with Gasteiger partial charge in [-0.25, -0.2) is 0 Å². The number of nitrogens with zero attached hydrogens (tertiary/aromatic N) is 1. The second-order valence-electron chi connectivity index (χ2n) is 4.58. The number of ether oxygens (including phenoxy) is 2. The van der Waals surface area contributed by atoms with Crippen molar-refractivity contribution in [3.8, 4) is 17.6 Å². The Bertz CT molecular complexity index is 615. The molecule has 0 saturated carbocycles. The van der Waals surface area contributed by atoms with Crippen molar-refractivity contribution in [1.82, 2.24) is 0 Å². The molecule has 0 radical (unpaired) electrons. The predicted octanol–water partition coefficient (Wildman–Crippen LogP) is 3.07. The van der Waals surface area contributed by atoms with E-state index in [9.17, 15) is 5.11 Å². The van der Waals surface area contributed by atoms with Crippen LogP contribution in [0, 0.1) is 11.3 Å². The molecular weight excluding hydrogens is 266 g/mol. The number of rotatable bonds is 6. The van der Waals surface area contributed by atoms with Crippen molar-refractivity contribution in [3.05, 3.63) is 59.7 Å². The lowest BCUT2D eigenvalue weighted by Crippen LogP contribution is -2.09. The molecule has 4 heteroatoms. The third-order valence-electron chi connectivity index (χ3n) is 2.94. The standard InChI is InChI=1S/C17H17NO3/c1-13(19)15-3-2-4-17(11-15)21-10-9-20-16-7-5-14(12-18)6-8-16/h2-8,11,13,19H,9-10H2,1H3/t13-/m1/s1. The highest BCUT2D eigenvalue weighted by Gasteiger charge is 2.02. The summed E-state index contributed by atoms with van der Waals surface area (Å²) in [5, 5.41) is 18.2. The number of hydrogen-bond donors (Lipinski definition) is 1. The number of nitriles is 1. The predicted molar refractivity (Wildman–Crippen MR) is 79.2 cm³/mol. The summed E-state index contributed by atoms with van der Waals surface area (Å²) in [5.74, 6) is 1.41. The molecule has 0 aliphatic rings. The zero-order valence-corrected chi connectivity index (χ0v) is 11.8. The molecule has 108 valence electrons. The third-order valence-corrected chi connectivity index (χ3v) is 2.94. The van der Waals surface area contributed by atoms with Gasteiger partial charge in [0.15, 0.2) is 0 Å². The summed E-state index contributed by atoms with van der Waals surface area (Å²) in [7, 11) is 0. The Morgan fingerprint density at radius 3 is 2.33 bits per heavy atom. The summed E-state index contributed by atoms with van der Waals surface area (Å²) in [6.45, 7) is 2.53. The van der Waals surface area contributed by atoms with Crippen LogP contribution in [-0.2, 0) is 0 Å². The molecule has 0 unspecified atom stereocenters. The highest BCUT2D eigenvalue weighted by Crippen LogP contribution is 2.18. The SMILES string of the molecule is C[C@@H](O)c1cccc(OCCOc2ccc(C#N)cc2)c1. The number of benzene rings is 2.